The van der Waals surface area contributed by atoms with Gasteiger partial charge < -0.3 is 10.1 Å². The minimum Gasteiger partial charge on any atom is -0.494 e. The van der Waals surface area contributed by atoms with E-state index in [9.17, 15) is 4.79 Å². The smallest absolute Gasteiger partial charge is 0.220 e. The van der Waals surface area contributed by atoms with Gasteiger partial charge in [0.1, 0.15) is 5.75 Å². The van der Waals surface area contributed by atoms with Crippen LogP contribution in [0.2, 0.25) is 0 Å². The maximum Gasteiger partial charge on any atom is 0.220 e. The first-order valence-electron chi connectivity index (χ1n) is 8.24. The van der Waals surface area contributed by atoms with Crippen molar-refractivity contribution >= 4 is 5.91 Å². The number of carbonyl (C=O) groups is 1. The van der Waals surface area contributed by atoms with E-state index in [-0.39, 0.29) is 5.91 Å². The quantitative estimate of drug-likeness (QED) is 0.713. The van der Waals surface area contributed by atoms with Crippen molar-refractivity contribution in [3.05, 3.63) is 65.7 Å². The van der Waals surface area contributed by atoms with E-state index in [0.717, 1.165) is 31.6 Å². The third-order valence-corrected chi connectivity index (χ3v) is 3.61. The van der Waals surface area contributed by atoms with E-state index in [0.29, 0.717) is 13.0 Å². The summed E-state index contributed by atoms with van der Waals surface area (Å²) in [6.45, 7) is 3.34. The van der Waals surface area contributed by atoms with Gasteiger partial charge in [0.15, 0.2) is 0 Å². The Morgan fingerprint density at radius 2 is 1.87 bits per heavy atom. The number of hydrogen-bond donors (Lipinski definition) is 1. The molecule has 23 heavy (non-hydrogen) atoms. The average Bonchev–Trinajstić information content (AvgIpc) is 2.57. The Balaban J connectivity index is 1.52. The predicted octanol–water partition coefficient (Wildman–Crippen LogP) is 3.90. The first-order valence-corrected chi connectivity index (χ1v) is 8.24. The third-order valence-electron chi connectivity index (χ3n) is 3.61. The highest BCUT2D eigenvalue weighted by Crippen LogP contribution is 2.12. The fourth-order valence-electron chi connectivity index (χ4n) is 2.38. The highest BCUT2D eigenvalue weighted by atomic mass is 16.5. The van der Waals surface area contributed by atoms with E-state index in [1.54, 1.807) is 0 Å². The van der Waals surface area contributed by atoms with Crippen molar-refractivity contribution in [2.75, 3.05) is 13.2 Å². The highest BCUT2D eigenvalue weighted by Gasteiger charge is 2.01. The summed E-state index contributed by atoms with van der Waals surface area (Å²) in [6.07, 6.45) is 3.21. The molecule has 3 heteroatoms. The molecule has 0 saturated heterocycles. The lowest BCUT2D eigenvalue weighted by Gasteiger charge is -2.07. The first-order chi connectivity index (χ1) is 11.2. The van der Waals surface area contributed by atoms with Crippen molar-refractivity contribution in [1.29, 1.82) is 0 Å². The molecule has 0 atom stereocenters. The zero-order valence-electron chi connectivity index (χ0n) is 13.8. The van der Waals surface area contributed by atoms with Crippen LogP contribution >= 0.6 is 0 Å². The topological polar surface area (TPSA) is 38.3 Å². The molecular formula is C20H25NO2. The average molecular weight is 311 g/mol. The van der Waals surface area contributed by atoms with Gasteiger partial charge in [-0.05, 0) is 49.4 Å². The van der Waals surface area contributed by atoms with Gasteiger partial charge in [-0.1, -0.05) is 42.5 Å². The maximum atomic E-state index is 11.8. The molecule has 0 bridgehead atoms. The van der Waals surface area contributed by atoms with Gasteiger partial charge in [-0.25, -0.2) is 0 Å². The zero-order chi connectivity index (χ0) is 16.3. The van der Waals surface area contributed by atoms with Gasteiger partial charge in [-0.15, -0.1) is 0 Å². The third kappa shape index (κ3) is 7.00. The Hall–Kier alpha value is -2.29. The second kappa shape index (κ2) is 9.67. The van der Waals surface area contributed by atoms with Gasteiger partial charge >= 0.3 is 0 Å². The molecule has 0 aliphatic heterocycles. The second-order valence-corrected chi connectivity index (χ2v) is 5.71. The molecule has 2 aromatic rings. The van der Waals surface area contributed by atoms with Gasteiger partial charge in [0.25, 0.3) is 0 Å². The molecule has 0 aromatic heterocycles. The van der Waals surface area contributed by atoms with Crippen molar-refractivity contribution in [2.45, 2.75) is 32.6 Å². The molecule has 0 aliphatic rings. The molecule has 0 radical (unpaired) electrons. The molecule has 1 amide bonds. The maximum absolute atomic E-state index is 11.8. The van der Waals surface area contributed by atoms with Crippen molar-refractivity contribution in [3.8, 4) is 5.75 Å². The summed E-state index contributed by atoms with van der Waals surface area (Å²) < 4.78 is 5.64. The van der Waals surface area contributed by atoms with Crippen LogP contribution in [0, 0.1) is 6.92 Å². The summed E-state index contributed by atoms with van der Waals surface area (Å²) in [7, 11) is 0. The lowest BCUT2D eigenvalue weighted by atomic mass is 10.1. The van der Waals surface area contributed by atoms with Gasteiger partial charge in [0.05, 0.1) is 6.61 Å². The largest absolute Gasteiger partial charge is 0.494 e. The van der Waals surface area contributed by atoms with Crippen molar-refractivity contribution in [2.24, 2.45) is 0 Å². The highest BCUT2D eigenvalue weighted by molar-refractivity contribution is 5.75. The Bertz CT molecular complexity index is 596. The molecule has 2 rings (SSSR count). The SMILES string of the molecule is Cc1cccc(OCCCC(=O)NCCCc2ccccc2)c1. The van der Waals surface area contributed by atoms with E-state index < -0.39 is 0 Å². The molecular weight excluding hydrogens is 286 g/mol. The number of aryl methyl sites for hydroxylation is 2. The van der Waals surface area contributed by atoms with Crippen LogP contribution in [0.1, 0.15) is 30.4 Å². The van der Waals surface area contributed by atoms with Crippen LogP contribution in [0.25, 0.3) is 0 Å². The summed E-state index contributed by atoms with van der Waals surface area (Å²) >= 11 is 0. The van der Waals surface area contributed by atoms with Crippen LogP contribution < -0.4 is 10.1 Å². The first kappa shape index (κ1) is 17.1. The van der Waals surface area contributed by atoms with Crippen molar-refractivity contribution < 1.29 is 9.53 Å². The molecule has 0 heterocycles. The zero-order valence-corrected chi connectivity index (χ0v) is 13.8. The molecule has 0 saturated carbocycles. The van der Waals surface area contributed by atoms with Crippen LogP contribution in [-0.2, 0) is 11.2 Å². The Kier molecular flexibility index (Phi) is 7.18. The Morgan fingerprint density at radius 1 is 1.04 bits per heavy atom. The normalized spacial score (nSPS) is 10.3. The van der Waals surface area contributed by atoms with E-state index >= 15 is 0 Å². The lowest BCUT2D eigenvalue weighted by molar-refractivity contribution is -0.121. The van der Waals surface area contributed by atoms with Crippen LogP contribution in [-0.4, -0.2) is 19.1 Å². The van der Waals surface area contributed by atoms with Crippen molar-refractivity contribution in [1.82, 2.24) is 5.32 Å². The summed E-state index contributed by atoms with van der Waals surface area (Å²) in [5, 5.41) is 2.97. The molecule has 0 fully saturated rings. The molecule has 3 nitrogen and oxygen atoms in total. The van der Waals surface area contributed by atoms with Crippen LogP contribution in [0.3, 0.4) is 0 Å². The van der Waals surface area contributed by atoms with Crippen LogP contribution in [0.15, 0.2) is 54.6 Å². The number of nitrogens with one attached hydrogen (secondary N) is 1. The summed E-state index contributed by atoms with van der Waals surface area (Å²) in [5.41, 5.74) is 2.49. The van der Waals surface area contributed by atoms with E-state index in [4.69, 9.17) is 4.74 Å². The second-order valence-electron chi connectivity index (χ2n) is 5.71. The minimum atomic E-state index is 0.103. The molecule has 0 unspecified atom stereocenters. The molecule has 0 aliphatic carbocycles. The van der Waals surface area contributed by atoms with Crippen LogP contribution in [0.4, 0.5) is 0 Å². The number of carbonyl (C=O) groups excluding carboxylic acids is 1. The summed E-state index contributed by atoms with van der Waals surface area (Å²) in [4.78, 5) is 11.8. The molecule has 2 aromatic carbocycles. The Morgan fingerprint density at radius 3 is 2.65 bits per heavy atom. The monoisotopic (exact) mass is 311 g/mol. The summed E-state index contributed by atoms with van der Waals surface area (Å²) in [6, 6.07) is 18.3. The molecule has 122 valence electrons. The minimum absolute atomic E-state index is 0.103. The van der Waals surface area contributed by atoms with E-state index in [1.165, 1.54) is 11.1 Å². The van der Waals surface area contributed by atoms with Crippen molar-refractivity contribution in [3.63, 3.8) is 0 Å². The van der Waals surface area contributed by atoms with Gasteiger partial charge in [0, 0.05) is 13.0 Å². The summed E-state index contributed by atoms with van der Waals surface area (Å²) in [5.74, 6) is 0.971. The van der Waals surface area contributed by atoms with Gasteiger partial charge in [-0.2, -0.15) is 0 Å². The number of hydrogen-bond acceptors (Lipinski definition) is 2. The predicted molar refractivity (Wildman–Crippen MR) is 93.7 cm³/mol. The van der Waals surface area contributed by atoms with E-state index in [1.807, 2.05) is 49.4 Å². The fraction of sp³-hybridized carbons (Fsp3) is 0.350. The Labute approximate surface area is 138 Å². The number of ether oxygens (including phenoxy) is 1. The number of benzene rings is 2. The number of rotatable bonds is 9. The van der Waals surface area contributed by atoms with Crippen LogP contribution in [0.5, 0.6) is 5.75 Å². The number of amides is 1. The fourth-order valence-corrected chi connectivity index (χ4v) is 2.38. The van der Waals surface area contributed by atoms with E-state index in [2.05, 4.69) is 17.4 Å². The van der Waals surface area contributed by atoms with Gasteiger partial charge in [0.2, 0.25) is 5.91 Å². The molecule has 1 N–H and O–H groups in total. The van der Waals surface area contributed by atoms with Gasteiger partial charge in [-0.3, -0.25) is 4.79 Å². The lowest BCUT2D eigenvalue weighted by Crippen LogP contribution is -2.24. The molecule has 0 spiro atoms. The standard InChI is InChI=1S/C20H25NO2/c1-17-8-5-12-19(16-17)23-15-7-13-20(22)21-14-6-11-18-9-3-2-4-10-18/h2-5,8-10,12,16H,6-7,11,13-15H2,1H3,(H,21,22).